The maximum absolute atomic E-state index is 9.26. The van der Waals surface area contributed by atoms with Gasteiger partial charge in [-0.05, 0) is 41.6 Å². The van der Waals surface area contributed by atoms with Gasteiger partial charge < -0.3 is 19.2 Å². The number of nitrogens with one attached hydrogen (secondary N) is 1. The first kappa shape index (κ1) is 18.5. The van der Waals surface area contributed by atoms with Gasteiger partial charge in [-0.15, -0.1) is 11.3 Å². The molecule has 0 atom stereocenters. The highest BCUT2D eigenvalue weighted by Gasteiger charge is 2.11. The van der Waals surface area contributed by atoms with Gasteiger partial charge in [0, 0.05) is 17.5 Å². The average Bonchev–Trinajstić information content (AvgIpc) is 3.35. The van der Waals surface area contributed by atoms with E-state index in [4.69, 9.17) is 13.9 Å². The van der Waals surface area contributed by atoms with E-state index in [0.29, 0.717) is 29.8 Å². The van der Waals surface area contributed by atoms with Crippen molar-refractivity contribution < 1.29 is 13.9 Å². The minimum atomic E-state index is 0.244. The van der Waals surface area contributed by atoms with Crippen molar-refractivity contribution in [3.8, 4) is 17.6 Å². The first-order valence-electron chi connectivity index (χ1n) is 8.30. The van der Waals surface area contributed by atoms with E-state index in [2.05, 4.69) is 16.4 Å². The van der Waals surface area contributed by atoms with Gasteiger partial charge in [0.05, 0.1) is 14.2 Å². The van der Waals surface area contributed by atoms with Crippen molar-refractivity contribution in [1.82, 2.24) is 4.98 Å². The molecule has 0 unspecified atom stereocenters. The summed E-state index contributed by atoms with van der Waals surface area (Å²) in [4.78, 5) is 5.29. The molecule has 138 valence electrons. The van der Waals surface area contributed by atoms with Crippen molar-refractivity contribution >= 4 is 29.4 Å². The summed E-state index contributed by atoms with van der Waals surface area (Å²) in [6.07, 6.45) is 4.39. The summed E-state index contributed by atoms with van der Waals surface area (Å²) in [5.74, 6) is 2.16. The minimum Gasteiger partial charge on any atom is -0.493 e. The number of oxazole rings is 1. The van der Waals surface area contributed by atoms with Gasteiger partial charge in [0.25, 0.3) is 0 Å². The number of ether oxygens (including phenoxy) is 2. The Bertz CT molecular complexity index is 956. The van der Waals surface area contributed by atoms with Crippen molar-refractivity contribution in [3.05, 3.63) is 57.7 Å². The molecule has 0 amide bonds. The molecule has 0 aliphatic rings. The van der Waals surface area contributed by atoms with Gasteiger partial charge in [-0.1, -0.05) is 12.1 Å². The van der Waals surface area contributed by atoms with Crippen LogP contribution in [0.3, 0.4) is 0 Å². The zero-order chi connectivity index (χ0) is 19.1. The van der Waals surface area contributed by atoms with Crippen LogP contribution in [0.4, 0.5) is 5.88 Å². The fourth-order valence-electron chi connectivity index (χ4n) is 2.50. The Hall–Kier alpha value is -3.24. The fraction of sp³-hybridized carbons (Fsp3) is 0.200. The van der Waals surface area contributed by atoms with Crippen LogP contribution >= 0.6 is 11.3 Å². The number of thiophene rings is 1. The van der Waals surface area contributed by atoms with Crippen LogP contribution in [0.15, 0.2) is 40.1 Å². The van der Waals surface area contributed by atoms with Crippen molar-refractivity contribution in [3.63, 3.8) is 0 Å². The highest BCUT2D eigenvalue weighted by molar-refractivity contribution is 7.10. The molecule has 3 aromatic rings. The van der Waals surface area contributed by atoms with Crippen LogP contribution in [0, 0.1) is 11.3 Å². The largest absolute Gasteiger partial charge is 0.493 e. The van der Waals surface area contributed by atoms with Gasteiger partial charge in [0.1, 0.15) is 6.07 Å². The Labute approximate surface area is 161 Å². The highest BCUT2D eigenvalue weighted by atomic mass is 32.1. The molecule has 3 rings (SSSR count). The lowest BCUT2D eigenvalue weighted by molar-refractivity contribution is 0.354. The van der Waals surface area contributed by atoms with Gasteiger partial charge in [-0.25, -0.2) is 0 Å². The SMILES string of the molecule is COc1ccc(CCNc2oc(/C=C/c3cccs3)nc2C#N)cc1OC. The Morgan fingerprint density at radius 3 is 2.78 bits per heavy atom. The molecule has 0 aliphatic carbocycles. The predicted octanol–water partition coefficient (Wildman–Crippen LogP) is 4.45. The fourth-order valence-corrected chi connectivity index (χ4v) is 3.12. The highest BCUT2D eigenvalue weighted by Crippen LogP contribution is 2.28. The van der Waals surface area contributed by atoms with E-state index in [0.717, 1.165) is 16.9 Å². The van der Waals surface area contributed by atoms with Crippen LogP contribution in [0.25, 0.3) is 12.2 Å². The van der Waals surface area contributed by atoms with Crippen LogP contribution in [-0.2, 0) is 6.42 Å². The standard InChI is InChI=1S/C20H19N3O3S/c1-24-17-7-5-14(12-18(17)25-2)9-10-22-20-16(13-21)23-19(26-20)8-6-15-4-3-11-27-15/h3-8,11-12,22H,9-10H2,1-2H3/b8-6+. The van der Waals surface area contributed by atoms with E-state index in [1.54, 1.807) is 31.6 Å². The van der Waals surface area contributed by atoms with E-state index in [1.807, 2.05) is 41.8 Å². The van der Waals surface area contributed by atoms with Crippen molar-refractivity contribution in [2.24, 2.45) is 0 Å². The maximum Gasteiger partial charge on any atom is 0.232 e. The molecular formula is C20H19N3O3S. The van der Waals surface area contributed by atoms with Crippen molar-refractivity contribution in [1.29, 1.82) is 5.26 Å². The summed E-state index contributed by atoms with van der Waals surface area (Å²) in [5.41, 5.74) is 1.32. The predicted molar refractivity (Wildman–Crippen MR) is 106 cm³/mol. The quantitative estimate of drug-likeness (QED) is 0.621. The third kappa shape index (κ3) is 4.68. The zero-order valence-corrected chi connectivity index (χ0v) is 15.9. The Morgan fingerprint density at radius 1 is 1.22 bits per heavy atom. The lowest BCUT2D eigenvalue weighted by atomic mass is 10.1. The summed E-state index contributed by atoms with van der Waals surface area (Å²) in [6.45, 7) is 0.591. The zero-order valence-electron chi connectivity index (χ0n) is 15.1. The molecule has 7 heteroatoms. The Kier molecular flexibility index (Phi) is 6.13. The molecule has 0 radical (unpaired) electrons. The Balaban J connectivity index is 1.63. The molecule has 0 saturated carbocycles. The third-order valence-electron chi connectivity index (χ3n) is 3.83. The number of aromatic nitrogens is 1. The molecule has 27 heavy (non-hydrogen) atoms. The van der Waals surface area contributed by atoms with Crippen LogP contribution in [-0.4, -0.2) is 25.7 Å². The Morgan fingerprint density at radius 2 is 2.07 bits per heavy atom. The molecule has 0 saturated heterocycles. The molecule has 0 bridgehead atoms. The number of nitriles is 1. The van der Waals surface area contributed by atoms with Crippen molar-refractivity contribution in [2.45, 2.75) is 6.42 Å². The monoisotopic (exact) mass is 381 g/mol. The lowest BCUT2D eigenvalue weighted by Crippen LogP contribution is -2.05. The number of nitrogens with zero attached hydrogens (tertiary/aromatic N) is 2. The topological polar surface area (TPSA) is 80.3 Å². The van der Waals surface area contributed by atoms with E-state index in [1.165, 1.54) is 0 Å². The smallest absolute Gasteiger partial charge is 0.232 e. The van der Waals surface area contributed by atoms with Gasteiger partial charge in [0.2, 0.25) is 17.5 Å². The van der Waals surface area contributed by atoms with Crippen LogP contribution in [0.2, 0.25) is 0 Å². The van der Waals surface area contributed by atoms with E-state index >= 15 is 0 Å². The minimum absolute atomic E-state index is 0.244. The summed E-state index contributed by atoms with van der Waals surface area (Å²) >= 11 is 1.62. The molecule has 2 heterocycles. The molecule has 1 aromatic carbocycles. The first-order chi connectivity index (χ1) is 13.2. The average molecular weight is 381 g/mol. The van der Waals surface area contributed by atoms with Crippen LogP contribution in [0.5, 0.6) is 11.5 Å². The molecule has 0 aliphatic heterocycles. The first-order valence-corrected chi connectivity index (χ1v) is 9.18. The van der Waals surface area contributed by atoms with Crippen molar-refractivity contribution in [2.75, 3.05) is 26.1 Å². The van der Waals surface area contributed by atoms with E-state index < -0.39 is 0 Å². The van der Waals surface area contributed by atoms with Crippen LogP contribution < -0.4 is 14.8 Å². The second-order valence-electron chi connectivity index (χ2n) is 5.56. The third-order valence-corrected chi connectivity index (χ3v) is 4.67. The number of methoxy groups -OCH3 is 2. The maximum atomic E-state index is 9.26. The summed E-state index contributed by atoms with van der Waals surface area (Å²) in [6, 6.07) is 11.8. The number of rotatable bonds is 8. The van der Waals surface area contributed by atoms with Gasteiger partial charge in [-0.2, -0.15) is 10.2 Å². The lowest BCUT2D eigenvalue weighted by Gasteiger charge is -2.09. The van der Waals surface area contributed by atoms with Gasteiger partial charge in [0.15, 0.2) is 11.5 Å². The number of anilines is 1. The molecule has 2 aromatic heterocycles. The number of hydrogen-bond donors (Lipinski definition) is 1. The summed E-state index contributed by atoms with van der Waals surface area (Å²) in [5, 5.41) is 14.4. The summed E-state index contributed by atoms with van der Waals surface area (Å²) < 4.78 is 16.2. The molecule has 1 N–H and O–H groups in total. The second-order valence-corrected chi connectivity index (χ2v) is 6.54. The molecule has 0 fully saturated rings. The molecule has 0 spiro atoms. The van der Waals surface area contributed by atoms with Gasteiger partial charge in [-0.3, -0.25) is 0 Å². The summed E-state index contributed by atoms with van der Waals surface area (Å²) in [7, 11) is 3.22. The second kappa shape index (κ2) is 8.92. The number of hydrogen-bond acceptors (Lipinski definition) is 7. The number of benzene rings is 1. The van der Waals surface area contributed by atoms with Crippen LogP contribution in [0.1, 0.15) is 22.0 Å². The van der Waals surface area contributed by atoms with E-state index in [9.17, 15) is 5.26 Å². The molecular weight excluding hydrogens is 362 g/mol. The van der Waals surface area contributed by atoms with Gasteiger partial charge >= 0.3 is 0 Å². The molecule has 6 nitrogen and oxygen atoms in total. The normalized spacial score (nSPS) is 10.7. The van der Waals surface area contributed by atoms with E-state index in [-0.39, 0.29) is 5.69 Å².